The molecule has 2 aromatic heterocycles. The second kappa shape index (κ2) is 7.13. The van der Waals surface area contributed by atoms with E-state index in [-0.39, 0.29) is 5.91 Å². The zero-order valence-corrected chi connectivity index (χ0v) is 14.3. The fourth-order valence-corrected chi connectivity index (χ4v) is 3.32. The van der Waals surface area contributed by atoms with Crippen LogP contribution in [0.15, 0.2) is 54.2 Å². The predicted molar refractivity (Wildman–Crippen MR) is 95.2 cm³/mol. The Morgan fingerprint density at radius 1 is 1.17 bits per heavy atom. The van der Waals surface area contributed by atoms with Crippen molar-refractivity contribution in [2.45, 2.75) is 6.54 Å². The van der Waals surface area contributed by atoms with Gasteiger partial charge in [-0.15, -0.1) is 11.3 Å². The van der Waals surface area contributed by atoms with Gasteiger partial charge in [0, 0.05) is 34.4 Å². The first-order chi connectivity index (χ1) is 11.1. The molecule has 3 rings (SSSR count). The molecule has 6 heteroatoms. The molecule has 2 heterocycles. The molecule has 0 bridgehead atoms. The Kier molecular flexibility index (Phi) is 4.96. The summed E-state index contributed by atoms with van der Waals surface area (Å²) < 4.78 is 0. The highest BCUT2D eigenvalue weighted by molar-refractivity contribution is 7.13. The van der Waals surface area contributed by atoms with Crippen LogP contribution in [0.3, 0.4) is 0 Å². The first kappa shape index (κ1) is 16.0. The van der Waals surface area contributed by atoms with Crippen molar-refractivity contribution in [1.82, 2.24) is 10.3 Å². The Morgan fingerprint density at radius 2 is 2.04 bits per heavy atom. The number of carbonyl (C=O) groups excluding carboxylic acids is 1. The van der Waals surface area contributed by atoms with Crippen molar-refractivity contribution in [2.24, 2.45) is 0 Å². The summed E-state index contributed by atoms with van der Waals surface area (Å²) in [5.74, 6) is -0.242. The van der Waals surface area contributed by atoms with Gasteiger partial charge in [0.2, 0.25) is 0 Å². The second-order valence-electron chi connectivity index (χ2n) is 4.87. The molecule has 0 aliphatic heterocycles. The number of hydrogen-bond donors (Lipinski definition) is 1. The van der Waals surface area contributed by atoms with Crippen LogP contribution in [0.1, 0.15) is 15.9 Å². The Morgan fingerprint density at radius 3 is 2.78 bits per heavy atom. The number of benzene rings is 1. The number of rotatable bonds is 4. The van der Waals surface area contributed by atoms with E-state index in [1.807, 2.05) is 29.8 Å². The van der Waals surface area contributed by atoms with Gasteiger partial charge in [-0.2, -0.15) is 0 Å². The molecule has 3 nitrogen and oxygen atoms in total. The van der Waals surface area contributed by atoms with Gasteiger partial charge in [-0.25, -0.2) is 0 Å². The molecule has 0 saturated carbocycles. The molecule has 0 atom stereocenters. The maximum atomic E-state index is 12.2. The van der Waals surface area contributed by atoms with Gasteiger partial charge in [0.25, 0.3) is 5.91 Å². The van der Waals surface area contributed by atoms with Crippen molar-refractivity contribution in [2.75, 3.05) is 0 Å². The van der Waals surface area contributed by atoms with Gasteiger partial charge >= 0.3 is 0 Å². The molecule has 0 saturated heterocycles. The molecule has 0 aliphatic rings. The van der Waals surface area contributed by atoms with Crippen molar-refractivity contribution in [3.63, 3.8) is 0 Å². The van der Waals surface area contributed by atoms with Gasteiger partial charge in [-0.05, 0) is 41.3 Å². The number of nitrogens with one attached hydrogen (secondary N) is 1. The molecule has 0 radical (unpaired) electrons. The highest BCUT2D eigenvalue weighted by Gasteiger charge is 2.10. The normalized spacial score (nSPS) is 10.5. The number of pyridine rings is 1. The summed E-state index contributed by atoms with van der Waals surface area (Å²) in [5, 5.41) is 5.70. The Labute approximate surface area is 147 Å². The number of hydrogen-bond acceptors (Lipinski definition) is 3. The number of thiophene rings is 1. The molecule has 3 aromatic rings. The average Bonchev–Trinajstić information content (AvgIpc) is 3.07. The molecule has 1 N–H and O–H groups in total. The van der Waals surface area contributed by atoms with E-state index in [1.165, 1.54) is 0 Å². The van der Waals surface area contributed by atoms with E-state index >= 15 is 0 Å². The minimum atomic E-state index is -0.242. The summed E-state index contributed by atoms with van der Waals surface area (Å²) in [6.07, 6.45) is 3.55. The van der Waals surface area contributed by atoms with E-state index in [9.17, 15) is 4.79 Å². The lowest BCUT2D eigenvalue weighted by Crippen LogP contribution is -2.23. The topological polar surface area (TPSA) is 42.0 Å². The fourth-order valence-electron chi connectivity index (χ4n) is 2.11. The van der Waals surface area contributed by atoms with Crippen LogP contribution in [0.4, 0.5) is 0 Å². The van der Waals surface area contributed by atoms with Gasteiger partial charge in [-0.1, -0.05) is 29.3 Å². The Hall–Kier alpha value is -1.88. The maximum absolute atomic E-state index is 12.2. The molecule has 116 valence electrons. The van der Waals surface area contributed by atoms with E-state index in [1.54, 1.807) is 35.7 Å². The second-order valence-corrected chi connectivity index (χ2v) is 6.66. The zero-order valence-electron chi connectivity index (χ0n) is 11.9. The van der Waals surface area contributed by atoms with Crippen molar-refractivity contribution < 1.29 is 4.79 Å². The highest BCUT2D eigenvalue weighted by Crippen LogP contribution is 2.24. The largest absolute Gasteiger partial charge is 0.348 e. The highest BCUT2D eigenvalue weighted by atomic mass is 35.5. The summed E-state index contributed by atoms with van der Waals surface area (Å²) in [6.45, 7) is 0.379. The van der Waals surface area contributed by atoms with Gasteiger partial charge in [0.15, 0.2) is 0 Å². The number of halogens is 2. The summed E-state index contributed by atoms with van der Waals surface area (Å²) >= 11 is 13.5. The summed E-state index contributed by atoms with van der Waals surface area (Å²) in [6, 6.07) is 10.9. The summed E-state index contributed by atoms with van der Waals surface area (Å²) in [5.41, 5.74) is 2.36. The SMILES string of the molecule is O=C(NCc1cncc(-c2cccs2)c1)c1ccc(Cl)cc1Cl. The molecular weight excluding hydrogens is 351 g/mol. The monoisotopic (exact) mass is 362 g/mol. The summed E-state index contributed by atoms with van der Waals surface area (Å²) in [4.78, 5) is 17.6. The Balaban J connectivity index is 1.71. The van der Waals surface area contributed by atoms with Gasteiger partial charge in [0.05, 0.1) is 10.6 Å². The van der Waals surface area contributed by atoms with Crippen LogP contribution < -0.4 is 5.32 Å². The lowest BCUT2D eigenvalue weighted by molar-refractivity contribution is 0.0951. The lowest BCUT2D eigenvalue weighted by Gasteiger charge is -2.08. The number of nitrogens with zero attached hydrogens (tertiary/aromatic N) is 1. The van der Waals surface area contributed by atoms with Crippen LogP contribution >= 0.6 is 34.5 Å². The standard InChI is InChI=1S/C17H12Cl2N2OS/c18-13-3-4-14(15(19)7-13)17(22)21-9-11-6-12(10-20-8-11)16-2-1-5-23-16/h1-8,10H,9H2,(H,21,22). The molecule has 23 heavy (non-hydrogen) atoms. The zero-order chi connectivity index (χ0) is 16.2. The molecule has 1 aromatic carbocycles. The predicted octanol–water partition coefficient (Wildman–Crippen LogP) is 5.05. The van der Waals surface area contributed by atoms with Crippen LogP contribution in [0.2, 0.25) is 10.0 Å². The van der Waals surface area contributed by atoms with Crippen LogP contribution in [0.5, 0.6) is 0 Å². The van der Waals surface area contributed by atoms with Crippen LogP contribution in [0.25, 0.3) is 10.4 Å². The van der Waals surface area contributed by atoms with E-state index in [0.29, 0.717) is 22.2 Å². The third kappa shape index (κ3) is 3.91. The number of carbonyl (C=O) groups is 1. The maximum Gasteiger partial charge on any atom is 0.253 e. The first-order valence-electron chi connectivity index (χ1n) is 6.84. The molecule has 0 fully saturated rings. The minimum Gasteiger partial charge on any atom is -0.348 e. The van der Waals surface area contributed by atoms with Crippen molar-refractivity contribution in [3.05, 3.63) is 75.3 Å². The Bertz CT molecular complexity index is 834. The molecule has 1 amide bonds. The van der Waals surface area contributed by atoms with E-state index in [4.69, 9.17) is 23.2 Å². The van der Waals surface area contributed by atoms with Crippen molar-refractivity contribution >= 4 is 40.4 Å². The number of aromatic nitrogens is 1. The fraction of sp³-hybridized carbons (Fsp3) is 0.0588. The number of amides is 1. The molecular formula is C17H12Cl2N2OS. The molecule has 0 spiro atoms. The van der Waals surface area contributed by atoms with E-state index in [2.05, 4.69) is 10.3 Å². The van der Waals surface area contributed by atoms with Crippen LogP contribution in [-0.4, -0.2) is 10.9 Å². The summed E-state index contributed by atoms with van der Waals surface area (Å²) in [7, 11) is 0. The van der Waals surface area contributed by atoms with E-state index in [0.717, 1.165) is 16.0 Å². The smallest absolute Gasteiger partial charge is 0.253 e. The van der Waals surface area contributed by atoms with Crippen molar-refractivity contribution in [3.8, 4) is 10.4 Å². The van der Waals surface area contributed by atoms with Gasteiger partial charge in [-0.3, -0.25) is 9.78 Å². The van der Waals surface area contributed by atoms with Crippen LogP contribution in [-0.2, 0) is 6.54 Å². The van der Waals surface area contributed by atoms with Gasteiger partial charge < -0.3 is 5.32 Å². The first-order valence-corrected chi connectivity index (χ1v) is 8.48. The molecule has 0 unspecified atom stereocenters. The quantitative estimate of drug-likeness (QED) is 0.705. The molecule has 0 aliphatic carbocycles. The average molecular weight is 363 g/mol. The van der Waals surface area contributed by atoms with E-state index < -0.39 is 0 Å². The third-order valence-electron chi connectivity index (χ3n) is 3.23. The van der Waals surface area contributed by atoms with Crippen LogP contribution in [0, 0.1) is 0 Å². The lowest BCUT2D eigenvalue weighted by atomic mass is 10.1. The third-order valence-corrected chi connectivity index (χ3v) is 4.70. The minimum absolute atomic E-state index is 0.242. The van der Waals surface area contributed by atoms with Crippen molar-refractivity contribution in [1.29, 1.82) is 0 Å². The van der Waals surface area contributed by atoms with Gasteiger partial charge in [0.1, 0.15) is 0 Å².